The number of hydrogen-bond acceptors (Lipinski definition) is 17. The first kappa shape index (κ1) is 70.3. The molecule has 0 radical (unpaired) electrons. The molecule has 3 aromatic carbocycles. The number of nitrogens with one attached hydrogen (secondary N) is 3. The smallest absolute Gasteiger partial charge is 0.407 e. The van der Waals surface area contributed by atoms with E-state index >= 15 is 0 Å². The predicted molar refractivity (Wildman–Crippen MR) is 380 cm³/mol. The van der Waals surface area contributed by atoms with Gasteiger partial charge in [0, 0.05) is 93.5 Å². The molecule has 102 heavy (non-hydrogen) atoms. The Bertz CT molecular complexity index is 3970. The zero-order chi connectivity index (χ0) is 70.5. The molecule has 6 aromatic heterocycles. The van der Waals surface area contributed by atoms with E-state index in [4.69, 9.17) is 23.3 Å². The lowest BCUT2D eigenvalue weighted by atomic mass is 9.64. The molecule has 0 unspecified atom stereocenters. The molecule has 9 aromatic rings. The third-order valence-corrected chi connectivity index (χ3v) is 21.4. The number of hydrogen-bond donors (Lipinski definition) is 3. The zero-order valence-electron chi connectivity index (χ0n) is 57.1. The van der Waals surface area contributed by atoms with E-state index in [0.29, 0.717) is 61.2 Å². The Labute approximate surface area is 594 Å². The lowest BCUT2D eigenvalue weighted by Crippen LogP contribution is -2.44. The van der Waals surface area contributed by atoms with Crippen LogP contribution in [0.3, 0.4) is 0 Å². The van der Waals surface area contributed by atoms with Crippen LogP contribution in [-0.4, -0.2) is 96.3 Å². The number of amides is 3. The first-order valence-electron chi connectivity index (χ1n) is 35.4. The fourth-order valence-electron chi connectivity index (χ4n) is 16.0. The standard InChI is InChI=1S/C27H28FN3O2S.2C26H27FN4O3/c1-2-33-27(32)30-22-9-10-23-19(13-22)14-26-25(16-34-31-26)24(23)11-8-21-7-6-18(15-29-21)17-4-3-5-20(28)12-17;1-2-33-26(32)29-21-9-10-22-18(13-21)14-24-25(30-31-34-24)23(22)11-8-20-7-6-17(15-28-20)16-4-3-5-19(27)12-16;1-2-33-26(32)29-21-9-10-22-18(13-21)14-24-25(34-31-30-24)23(22)11-8-20-7-6-17(15-28-20)16-4-3-5-19(27)12-16/h3-8,11-12,15-16,19,22-24H,2,9-10,13-14H2,1H3,(H,30,32);2*3-8,11-12,15,18,21-23H,2,9-10,13-14H2,1H3,(H,29,32)/b3*11-8+/t19-,22+,23+,24-;2*18-,21+,22+,23-/m000/s1. The van der Waals surface area contributed by atoms with Crippen molar-refractivity contribution in [1.29, 1.82) is 0 Å². The topological polar surface area (TPSA) is 244 Å². The van der Waals surface area contributed by atoms with Crippen LogP contribution in [-0.2, 0) is 33.5 Å². The molecule has 0 saturated heterocycles. The van der Waals surface area contributed by atoms with Crippen molar-refractivity contribution in [3.8, 4) is 33.4 Å². The van der Waals surface area contributed by atoms with Gasteiger partial charge in [-0.1, -0.05) is 72.8 Å². The number of pyridine rings is 3. The molecule has 0 aliphatic heterocycles. The van der Waals surface area contributed by atoms with Gasteiger partial charge >= 0.3 is 18.3 Å². The number of carbonyl (C=O) groups is 3. The van der Waals surface area contributed by atoms with Crippen molar-refractivity contribution >= 4 is 48.0 Å². The van der Waals surface area contributed by atoms with Gasteiger partial charge in [0.15, 0.2) is 11.5 Å². The van der Waals surface area contributed by atoms with Crippen molar-refractivity contribution < 1.29 is 50.8 Å². The van der Waals surface area contributed by atoms with Gasteiger partial charge in [0.25, 0.3) is 0 Å². The number of ether oxygens (including phenoxy) is 3. The second-order valence-electron chi connectivity index (χ2n) is 27.0. The molecule has 19 nitrogen and oxygen atoms in total. The number of halogens is 3. The molecular weight excluding hydrogens is 1320 g/mol. The molecule has 6 aliphatic rings. The van der Waals surface area contributed by atoms with Gasteiger partial charge < -0.3 is 39.2 Å². The third-order valence-electron chi connectivity index (χ3n) is 20.7. The zero-order valence-corrected chi connectivity index (χ0v) is 57.9. The van der Waals surface area contributed by atoms with Crippen LogP contribution in [0.1, 0.15) is 148 Å². The first-order valence-corrected chi connectivity index (χ1v) is 36.2. The molecule has 0 spiro atoms. The Hall–Kier alpha value is -10.2. The van der Waals surface area contributed by atoms with Crippen LogP contribution in [0.5, 0.6) is 0 Å². The second kappa shape index (κ2) is 33.1. The molecule has 15 rings (SSSR count). The van der Waals surface area contributed by atoms with E-state index in [9.17, 15) is 27.6 Å². The van der Waals surface area contributed by atoms with E-state index in [2.05, 4.69) is 85.7 Å². The fourth-order valence-corrected chi connectivity index (χ4v) is 16.8. The highest BCUT2D eigenvalue weighted by Gasteiger charge is 2.45. The lowest BCUT2D eigenvalue weighted by molar-refractivity contribution is 0.124. The van der Waals surface area contributed by atoms with E-state index in [-0.39, 0.29) is 65.7 Å². The number of allylic oxidation sites excluding steroid dienone is 3. The summed E-state index contributed by atoms with van der Waals surface area (Å²) < 4.78 is 71.5. The number of benzene rings is 3. The van der Waals surface area contributed by atoms with Crippen LogP contribution in [0.15, 0.2) is 160 Å². The molecule has 6 heterocycles. The number of aromatic nitrogens is 8. The molecule has 0 bridgehead atoms. The van der Waals surface area contributed by atoms with Crippen molar-refractivity contribution in [3.63, 3.8) is 0 Å². The summed E-state index contributed by atoms with van der Waals surface area (Å²) in [6.07, 6.45) is 27.9. The summed E-state index contributed by atoms with van der Waals surface area (Å²) in [5, 5.41) is 27.3. The number of alkyl carbamates (subject to hydrolysis) is 3. The Balaban J connectivity index is 0.000000137. The first-order chi connectivity index (χ1) is 49.8. The van der Waals surface area contributed by atoms with Crippen molar-refractivity contribution in [2.24, 2.45) is 35.5 Å². The maximum absolute atomic E-state index is 13.5. The van der Waals surface area contributed by atoms with Gasteiger partial charge in [-0.3, -0.25) is 15.0 Å². The van der Waals surface area contributed by atoms with Crippen LogP contribution in [0.25, 0.3) is 51.6 Å². The van der Waals surface area contributed by atoms with Crippen molar-refractivity contribution in [2.45, 2.75) is 134 Å². The number of rotatable bonds is 15. The van der Waals surface area contributed by atoms with Crippen LogP contribution in [0, 0.1) is 53.0 Å². The minimum absolute atomic E-state index is 0.0528. The van der Waals surface area contributed by atoms with E-state index in [1.807, 2.05) is 73.7 Å². The van der Waals surface area contributed by atoms with E-state index < -0.39 is 0 Å². The van der Waals surface area contributed by atoms with Gasteiger partial charge in [0.1, 0.15) is 28.8 Å². The molecule has 3 saturated carbocycles. The van der Waals surface area contributed by atoms with E-state index in [1.54, 1.807) is 50.6 Å². The number of nitrogens with zero attached hydrogens (tertiary/aromatic N) is 8. The SMILES string of the molecule is CCOC(=O)N[C@@H]1CC[C@@H]2[C@H](Cc3nnoc3[C@H]2/C=C/c2ccc(-c3cccc(F)c3)cn2)C1.CCOC(=O)N[C@@H]1CC[C@@H]2[C@H](Cc3nscc3[C@H]2/C=C/c2ccc(-c3cccc(F)c3)cn2)C1.CCOC(=O)N[C@@H]1CC[C@@H]2[C@H](Cc3onnc3[C@H]2/C=C/c2ccc(-c3cccc(F)c3)cn2)C1. The van der Waals surface area contributed by atoms with Crippen LogP contribution in [0.2, 0.25) is 0 Å². The van der Waals surface area contributed by atoms with Gasteiger partial charge in [0.2, 0.25) is 0 Å². The quantitative estimate of drug-likeness (QED) is 0.0808. The third kappa shape index (κ3) is 17.2. The van der Waals surface area contributed by atoms with Crippen LogP contribution < -0.4 is 16.0 Å². The Morgan fingerprint density at radius 3 is 1.36 bits per heavy atom. The number of carbonyl (C=O) groups excluding carboxylic acids is 3. The van der Waals surface area contributed by atoms with Crippen molar-refractivity contribution in [2.75, 3.05) is 19.8 Å². The van der Waals surface area contributed by atoms with Gasteiger partial charge in [-0.25, -0.2) is 27.6 Å². The molecule has 12 atom stereocenters. The summed E-state index contributed by atoms with van der Waals surface area (Å²) >= 11 is 1.53. The molecule has 6 aliphatic carbocycles. The second-order valence-corrected chi connectivity index (χ2v) is 27.6. The summed E-state index contributed by atoms with van der Waals surface area (Å²) in [7, 11) is 0. The Morgan fingerprint density at radius 2 is 0.912 bits per heavy atom. The van der Waals surface area contributed by atoms with Gasteiger partial charge in [-0.05, 0) is 234 Å². The van der Waals surface area contributed by atoms with E-state index in [1.165, 1.54) is 59.2 Å². The average molecular weight is 1400 g/mol. The molecule has 23 heteroatoms. The lowest BCUT2D eigenvalue weighted by Gasteiger charge is -2.42. The minimum Gasteiger partial charge on any atom is -0.450 e. The maximum atomic E-state index is 13.5. The van der Waals surface area contributed by atoms with E-state index in [0.717, 1.165) is 150 Å². The summed E-state index contributed by atoms with van der Waals surface area (Å²) in [5.74, 6) is 3.79. The summed E-state index contributed by atoms with van der Waals surface area (Å²) in [6.45, 7) is 6.54. The predicted octanol–water partition coefficient (Wildman–Crippen LogP) is 16.5. The summed E-state index contributed by atoms with van der Waals surface area (Å²) in [6, 6.07) is 31.6. The maximum Gasteiger partial charge on any atom is 0.407 e. The van der Waals surface area contributed by atoms with Crippen molar-refractivity contribution in [3.05, 3.63) is 220 Å². The highest BCUT2D eigenvalue weighted by Crippen LogP contribution is 2.50. The molecular formula is C79H82F3N11O8S. The summed E-state index contributed by atoms with van der Waals surface area (Å²) in [5.41, 5.74) is 11.8. The monoisotopic (exact) mass is 1400 g/mol. The summed E-state index contributed by atoms with van der Waals surface area (Å²) in [4.78, 5) is 49.3. The normalized spacial score (nSPS) is 23.8. The van der Waals surface area contributed by atoms with Crippen LogP contribution in [0.4, 0.5) is 27.6 Å². The minimum atomic E-state index is -0.354. The molecule has 3 amide bonds. The molecule has 3 fully saturated rings. The van der Waals surface area contributed by atoms with Crippen molar-refractivity contribution in [1.82, 2.24) is 56.0 Å². The largest absolute Gasteiger partial charge is 0.450 e. The Kier molecular flexibility index (Phi) is 22.8. The van der Waals surface area contributed by atoms with Gasteiger partial charge in [0.05, 0.1) is 42.6 Å². The Morgan fingerprint density at radius 1 is 0.490 bits per heavy atom. The van der Waals surface area contributed by atoms with Gasteiger partial charge in [-0.15, -0.1) is 10.2 Å². The average Bonchev–Trinajstić information content (AvgIpc) is 1.29. The fraction of sp³-hybridized carbons (Fsp3) is 0.380. The van der Waals surface area contributed by atoms with Crippen LogP contribution >= 0.6 is 11.5 Å². The highest BCUT2D eigenvalue weighted by atomic mass is 32.1. The highest BCUT2D eigenvalue weighted by molar-refractivity contribution is 7.03. The van der Waals surface area contributed by atoms with Gasteiger partial charge in [-0.2, -0.15) is 4.37 Å². The number of fused-ring (bicyclic) bond motifs is 6. The molecule has 3 N–H and O–H groups in total. The molecule has 528 valence electrons.